The largest absolute Gasteiger partial charge is 0.393 e. The quantitative estimate of drug-likeness (QED) is 0.746. The highest BCUT2D eigenvalue weighted by molar-refractivity contribution is 6.39. The molecule has 0 aliphatic carbocycles. The van der Waals surface area contributed by atoms with Gasteiger partial charge in [0.2, 0.25) is 0 Å². The van der Waals surface area contributed by atoms with Gasteiger partial charge < -0.3 is 15.7 Å². The van der Waals surface area contributed by atoms with Gasteiger partial charge in [-0.15, -0.1) is 0 Å². The number of nitrogens with one attached hydrogen (secondary N) is 2. The van der Waals surface area contributed by atoms with Gasteiger partial charge in [0.15, 0.2) is 0 Å². The highest BCUT2D eigenvalue weighted by Gasteiger charge is 2.22. The lowest BCUT2D eigenvalue weighted by Crippen LogP contribution is -2.38. The van der Waals surface area contributed by atoms with E-state index in [9.17, 15) is 14.7 Å². The van der Waals surface area contributed by atoms with Crippen molar-refractivity contribution < 1.29 is 14.7 Å². The van der Waals surface area contributed by atoms with Crippen molar-refractivity contribution in [1.82, 2.24) is 5.32 Å². The zero-order valence-electron chi connectivity index (χ0n) is 14.0. The van der Waals surface area contributed by atoms with Gasteiger partial charge in [0.25, 0.3) is 0 Å². The number of hydrogen-bond donors (Lipinski definition) is 3. The third-order valence-electron chi connectivity index (χ3n) is 3.54. The van der Waals surface area contributed by atoms with Crippen molar-refractivity contribution in [3.63, 3.8) is 0 Å². The normalized spacial score (nSPS) is 12.6. The van der Waals surface area contributed by atoms with Crippen LogP contribution in [0.25, 0.3) is 0 Å². The number of rotatable bonds is 4. The van der Waals surface area contributed by atoms with Gasteiger partial charge in [-0.1, -0.05) is 38.5 Å². The summed E-state index contributed by atoms with van der Waals surface area (Å²) in [5.74, 6) is -1.39. The van der Waals surface area contributed by atoms with E-state index in [4.69, 9.17) is 0 Å². The van der Waals surface area contributed by atoms with Gasteiger partial charge >= 0.3 is 11.8 Å². The van der Waals surface area contributed by atoms with E-state index in [1.165, 1.54) is 0 Å². The van der Waals surface area contributed by atoms with Crippen LogP contribution < -0.4 is 10.6 Å². The molecule has 0 bridgehead atoms. The van der Waals surface area contributed by atoms with Crippen molar-refractivity contribution in [1.29, 1.82) is 0 Å². The Bertz CT molecular complexity index is 547. The summed E-state index contributed by atoms with van der Waals surface area (Å²) >= 11 is 0. The Morgan fingerprint density at radius 3 is 2.36 bits per heavy atom. The number of aryl methyl sites for hydroxylation is 2. The highest BCUT2D eigenvalue weighted by Crippen LogP contribution is 2.21. The minimum absolute atomic E-state index is 0.244. The van der Waals surface area contributed by atoms with Crippen molar-refractivity contribution in [3.05, 3.63) is 29.3 Å². The third-order valence-corrected chi connectivity index (χ3v) is 3.54. The Labute approximate surface area is 132 Å². The Morgan fingerprint density at radius 2 is 1.82 bits per heavy atom. The fraction of sp³-hybridized carbons (Fsp3) is 0.529. The lowest BCUT2D eigenvalue weighted by atomic mass is 9.87. The van der Waals surface area contributed by atoms with Crippen LogP contribution >= 0.6 is 0 Å². The van der Waals surface area contributed by atoms with Gasteiger partial charge in [0.1, 0.15) is 0 Å². The number of aliphatic hydroxyl groups excluding tert-OH is 1. The minimum atomic E-state index is -0.697. The van der Waals surface area contributed by atoms with Crippen LogP contribution in [0.5, 0.6) is 0 Å². The molecule has 0 radical (unpaired) electrons. The molecule has 0 saturated heterocycles. The standard InChI is InChI=1S/C17H26N2O3/c1-11-6-7-13(12(2)10-11)19-16(22)15(21)18-9-8-14(20)17(3,4)5/h6-7,10,14,20H,8-9H2,1-5H3,(H,18,21)(H,19,22). The molecule has 1 unspecified atom stereocenters. The van der Waals surface area contributed by atoms with Gasteiger partial charge in [-0.25, -0.2) is 0 Å². The Balaban J connectivity index is 2.47. The van der Waals surface area contributed by atoms with E-state index in [2.05, 4.69) is 10.6 Å². The fourth-order valence-corrected chi connectivity index (χ4v) is 1.97. The van der Waals surface area contributed by atoms with Crippen LogP contribution in [0.1, 0.15) is 38.3 Å². The molecule has 1 atom stereocenters. The van der Waals surface area contributed by atoms with E-state index < -0.39 is 17.9 Å². The molecule has 2 amide bonds. The second-order valence-electron chi connectivity index (χ2n) is 6.70. The minimum Gasteiger partial charge on any atom is -0.393 e. The van der Waals surface area contributed by atoms with Crippen LogP contribution in [0.15, 0.2) is 18.2 Å². The second-order valence-corrected chi connectivity index (χ2v) is 6.70. The van der Waals surface area contributed by atoms with E-state index in [-0.39, 0.29) is 12.0 Å². The molecule has 0 aliphatic rings. The molecule has 0 aliphatic heterocycles. The monoisotopic (exact) mass is 306 g/mol. The summed E-state index contributed by atoms with van der Waals surface area (Å²) in [6.07, 6.45) is -0.123. The number of carbonyl (C=O) groups is 2. The Kier molecular flexibility index (Phi) is 6.11. The molecule has 0 spiro atoms. The Morgan fingerprint density at radius 1 is 1.18 bits per heavy atom. The predicted molar refractivity (Wildman–Crippen MR) is 87.6 cm³/mol. The SMILES string of the molecule is Cc1ccc(NC(=O)C(=O)NCCC(O)C(C)(C)C)c(C)c1. The molecule has 0 saturated carbocycles. The van der Waals surface area contributed by atoms with Gasteiger partial charge in [-0.3, -0.25) is 9.59 Å². The first kappa shape index (κ1) is 18.2. The molecule has 122 valence electrons. The maximum atomic E-state index is 11.8. The number of amides is 2. The van der Waals surface area contributed by atoms with E-state index in [0.29, 0.717) is 12.1 Å². The third kappa shape index (κ3) is 5.48. The van der Waals surface area contributed by atoms with Gasteiger partial charge in [0.05, 0.1) is 6.10 Å². The van der Waals surface area contributed by atoms with Crippen molar-refractivity contribution in [2.75, 3.05) is 11.9 Å². The molecule has 22 heavy (non-hydrogen) atoms. The molecule has 1 aromatic rings. The van der Waals surface area contributed by atoms with Crippen LogP contribution in [-0.2, 0) is 9.59 Å². The fourth-order valence-electron chi connectivity index (χ4n) is 1.97. The van der Waals surface area contributed by atoms with Crippen molar-refractivity contribution in [2.24, 2.45) is 5.41 Å². The Hall–Kier alpha value is -1.88. The summed E-state index contributed by atoms with van der Waals surface area (Å²) in [6.45, 7) is 9.87. The summed E-state index contributed by atoms with van der Waals surface area (Å²) in [5, 5.41) is 15.0. The van der Waals surface area contributed by atoms with E-state index in [1.54, 1.807) is 6.07 Å². The van der Waals surface area contributed by atoms with E-state index in [1.807, 2.05) is 46.8 Å². The predicted octanol–water partition coefficient (Wildman–Crippen LogP) is 2.16. The highest BCUT2D eigenvalue weighted by atomic mass is 16.3. The molecular weight excluding hydrogens is 280 g/mol. The summed E-state index contributed by atoms with van der Waals surface area (Å²) in [4.78, 5) is 23.6. The maximum Gasteiger partial charge on any atom is 0.313 e. The molecule has 1 rings (SSSR count). The molecule has 5 heteroatoms. The van der Waals surface area contributed by atoms with Crippen LogP contribution in [0.4, 0.5) is 5.69 Å². The zero-order chi connectivity index (χ0) is 16.9. The number of hydrogen-bond acceptors (Lipinski definition) is 3. The number of carbonyl (C=O) groups excluding carboxylic acids is 2. The van der Waals surface area contributed by atoms with Crippen molar-refractivity contribution >= 4 is 17.5 Å². The lowest BCUT2D eigenvalue weighted by molar-refractivity contribution is -0.136. The van der Waals surface area contributed by atoms with Crippen LogP contribution in [-0.4, -0.2) is 29.6 Å². The van der Waals surface area contributed by atoms with Gasteiger partial charge in [-0.05, 0) is 37.3 Å². The maximum absolute atomic E-state index is 11.8. The summed E-state index contributed by atoms with van der Waals surface area (Å²) in [7, 11) is 0. The number of benzene rings is 1. The smallest absolute Gasteiger partial charge is 0.313 e. The molecule has 1 aromatic carbocycles. The van der Waals surface area contributed by atoms with Crippen LogP contribution in [0, 0.1) is 19.3 Å². The van der Waals surface area contributed by atoms with Crippen molar-refractivity contribution in [3.8, 4) is 0 Å². The number of anilines is 1. The molecule has 3 N–H and O–H groups in total. The average molecular weight is 306 g/mol. The van der Waals surface area contributed by atoms with Gasteiger partial charge in [0, 0.05) is 12.2 Å². The first-order chi connectivity index (χ1) is 10.1. The van der Waals surface area contributed by atoms with Crippen LogP contribution in [0.2, 0.25) is 0 Å². The van der Waals surface area contributed by atoms with E-state index in [0.717, 1.165) is 11.1 Å². The zero-order valence-corrected chi connectivity index (χ0v) is 14.0. The molecule has 0 aromatic heterocycles. The van der Waals surface area contributed by atoms with Crippen LogP contribution in [0.3, 0.4) is 0 Å². The first-order valence-electron chi connectivity index (χ1n) is 7.45. The van der Waals surface area contributed by atoms with E-state index >= 15 is 0 Å². The molecule has 5 nitrogen and oxygen atoms in total. The summed E-state index contributed by atoms with van der Waals surface area (Å²) in [6, 6.07) is 5.59. The second kappa shape index (κ2) is 7.40. The van der Waals surface area contributed by atoms with Gasteiger partial charge in [-0.2, -0.15) is 0 Å². The lowest BCUT2D eigenvalue weighted by Gasteiger charge is -2.25. The summed E-state index contributed by atoms with van der Waals surface area (Å²) in [5.41, 5.74) is 2.38. The van der Waals surface area contributed by atoms with Crippen molar-refractivity contribution in [2.45, 2.75) is 47.1 Å². The molecular formula is C17H26N2O3. The molecule has 0 fully saturated rings. The average Bonchev–Trinajstić information content (AvgIpc) is 2.40. The first-order valence-corrected chi connectivity index (χ1v) is 7.45. The topological polar surface area (TPSA) is 78.4 Å². The number of aliphatic hydroxyl groups is 1. The molecule has 0 heterocycles. The summed E-state index contributed by atoms with van der Waals surface area (Å²) < 4.78 is 0.